The molecule has 1 heteroatoms. The lowest BCUT2D eigenvalue weighted by Crippen LogP contribution is -2.44. The van der Waals surface area contributed by atoms with E-state index >= 15 is 0 Å². The van der Waals surface area contributed by atoms with E-state index in [2.05, 4.69) is 33.0 Å². The molecule has 0 radical (unpaired) electrons. The van der Waals surface area contributed by atoms with Crippen molar-refractivity contribution in [2.45, 2.75) is 110 Å². The predicted octanol–water partition coefficient (Wildman–Crippen LogP) is 5.93. The van der Waals surface area contributed by atoms with Gasteiger partial charge < -0.3 is 5.32 Å². The summed E-state index contributed by atoms with van der Waals surface area (Å²) in [5.41, 5.74) is 0. The van der Waals surface area contributed by atoms with Gasteiger partial charge in [0.1, 0.15) is 0 Å². The van der Waals surface area contributed by atoms with Crippen LogP contribution in [0.3, 0.4) is 0 Å². The summed E-state index contributed by atoms with van der Waals surface area (Å²) in [4.78, 5) is 0. The normalized spacial score (nSPS) is 27.1. The fraction of sp³-hybridized carbons (Fsp3) is 1.00. The molecular weight excluding hydrogens is 242 g/mol. The molecule has 0 aromatic rings. The highest BCUT2D eigenvalue weighted by Crippen LogP contribution is 2.29. The number of unbranched alkanes of at least 4 members (excludes halogenated alkanes) is 4. The van der Waals surface area contributed by atoms with Crippen LogP contribution in [0.15, 0.2) is 0 Å². The highest BCUT2D eigenvalue weighted by molar-refractivity contribution is 4.84. The first-order valence-electron chi connectivity index (χ1n) is 9.43. The van der Waals surface area contributed by atoms with E-state index in [0.717, 1.165) is 23.9 Å². The van der Waals surface area contributed by atoms with Crippen LogP contribution in [0.2, 0.25) is 0 Å². The van der Waals surface area contributed by atoms with Crippen LogP contribution in [0, 0.1) is 11.8 Å². The van der Waals surface area contributed by atoms with Gasteiger partial charge in [0.05, 0.1) is 0 Å². The van der Waals surface area contributed by atoms with Gasteiger partial charge in [0, 0.05) is 12.1 Å². The topological polar surface area (TPSA) is 12.0 Å². The summed E-state index contributed by atoms with van der Waals surface area (Å²) in [6, 6.07) is 1.58. The summed E-state index contributed by atoms with van der Waals surface area (Å²) >= 11 is 0. The third-order valence-electron chi connectivity index (χ3n) is 5.19. The number of nitrogens with one attached hydrogen (secondary N) is 1. The van der Waals surface area contributed by atoms with Crippen molar-refractivity contribution in [1.82, 2.24) is 5.32 Å². The van der Waals surface area contributed by atoms with Crippen molar-refractivity contribution in [2.75, 3.05) is 0 Å². The molecule has 3 unspecified atom stereocenters. The molecule has 0 saturated heterocycles. The fourth-order valence-corrected chi connectivity index (χ4v) is 3.81. The number of rotatable bonds is 10. The number of hydrogen-bond donors (Lipinski definition) is 1. The number of hydrogen-bond acceptors (Lipinski definition) is 1. The summed E-state index contributed by atoms with van der Waals surface area (Å²) in [7, 11) is 0. The Hall–Kier alpha value is -0.0400. The van der Waals surface area contributed by atoms with E-state index in [1.807, 2.05) is 0 Å². The first kappa shape index (κ1) is 18.0. The minimum atomic E-state index is 0.786. The Kier molecular flexibility index (Phi) is 9.59. The second-order valence-electron chi connectivity index (χ2n) is 7.36. The van der Waals surface area contributed by atoms with E-state index in [1.165, 1.54) is 70.6 Å². The third kappa shape index (κ3) is 7.11. The minimum absolute atomic E-state index is 0.786. The molecule has 0 heterocycles. The maximum absolute atomic E-state index is 4.04. The Labute approximate surface area is 128 Å². The van der Waals surface area contributed by atoms with Gasteiger partial charge in [-0.15, -0.1) is 0 Å². The molecule has 1 aliphatic carbocycles. The molecule has 0 spiro atoms. The van der Waals surface area contributed by atoms with Crippen molar-refractivity contribution in [1.29, 1.82) is 0 Å². The van der Waals surface area contributed by atoms with Gasteiger partial charge in [0.2, 0.25) is 0 Å². The lowest BCUT2D eigenvalue weighted by atomic mass is 9.79. The Morgan fingerprint density at radius 2 is 1.50 bits per heavy atom. The second-order valence-corrected chi connectivity index (χ2v) is 7.36. The van der Waals surface area contributed by atoms with Gasteiger partial charge in [-0.2, -0.15) is 0 Å². The first-order valence-corrected chi connectivity index (χ1v) is 9.43. The lowest BCUT2D eigenvalue weighted by Gasteiger charge is -2.36. The van der Waals surface area contributed by atoms with Gasteiger partial charge in [0.25, 0.3) is 0 Å². The van der Waals surface area contributed by atoms with E-state index in [4.69, 9.17) is 0 Å². The monoisotopic (exact) mass is 281 g/mol. The van der Waals surface area contributed by atoms with Crippen LogP contribution >= 0.6 is 0 Å². The molecule has 1 saturated carbocycles. The largest absolute Gasteiger partial charge is 0.311 e. The second kappa shape index (κ2) is 10.7. The zero-order chi connectivity index (χ0) is 14.8. The maximum atomic E-state index is 4.04. The average molecular weight is 282 g/mol. The van der Waals surface area contributed by atoms with Crippen LogP contribution in [0.1, 0.15) is 98.3 Å². The smallest absolute Gasteiger partial charge is 0.00954 e. The van der Waals surface area contributed by atoms with Crippen molar-refractivity contribution in [3.05, 3.63) is 0 Å². The first-order chi connectivity index (χ1) is 9.67. The third-order valence-corrected chi connectivity index (χ3v) is 5.19. The van der Waals surface area contributed by atoms with Crippen molar-refractivity contribution in [3.63, 3.8) is 0 Å². The maximum Gasteiger partial charge on any atom is 0.00954 e. The SMILES string of the molecule is CCCCCC(CCCCC)NC1CCC(C)CC1C. The molecule has 0 aliphatic heterocycles. The van der Waals surface area contributed by atoms with E-state index < -0.39 is 0 Å². The Morgan fingerprint density at radius 3 is 2.00 bits per heavy atom. The van der Waals surface area contributed by atoms with E-state index in [0.29, 0.717) is 0 Å². The van der Waals surface area contributed by atoms with Gasteiger partial charge in [0.15, 0.2) is 0 Å². The lowest BCUT2D eigenvalue weighted by molar-refractivity contribution is 0.205. The summed E-state index contributed by atoms with van der Waals surface area (Å²) in [5, 5.41) is 4.04. The molecule has 20 heavy (non-hydrogen) atoms. The van der Waals surface area contributed by atoms with Crippen LogP contribution in [0.4, 0.5) is 0 Å². The molecule has 0 amide bonds. The zero-order valence-corrected chi connectivity index (χ0v) is 14.6. The molecular formula is C19H39N. The molecule has 0 aromatic heterocycles. The molecule has 1 rings (SSSR count). The van der Waals surface area contributed by atoms with Crippen LogP contribution in [0.5, 0.6) is 0 Å². The van der Waals surface area contributed by atoms with Crippen molar-refractivity contribution >= 4 is 0 Å². The van der Waals surface area contributed by atoms with Crippen molar-refractivity contribution in [3.8, 4) is 0 Å². The highest BCUT2D eigenvalue weighted by Gasteiger charge is 2.26. The summed E-state index contributed by atoms with van der Waals surface area (Å²) < 4.78 is 0. The van der Waals surface area contributed by atoms with Crippen molar-refractivity contribution < 1.29 is 0 Å². The zero-order valence-electron chi connectivity index (χ0n) is 14.6. The van der Waals surface area contributed by atoms with Crippen LogP contribution in [-0.4, -0.2) is 12.1 Å². The minimum Gasteiger partial charge on any atom is -0.311 e. The van der Waals surface area contributed by atoms with Gasteiger partial charge in [-0.3, -0.25) is 0 Å². The average Bonchev–Trinajstić information content (AvgIpc) is 2.42. The van der Waals surface area contributed by atoms with Gasteiger partial charge in [-0.05, 0) is 43.9 Å². The van der Waals surface area contributed by atoms with Gasteiger partial charge >= 0.3 is 0 Å². The fourth-order valence-electron chi connectivity index (χ4n) is 3.81. The van der Waals surface area contributed by atoms with Crippen LogP contribution in [0.25, 0.3) is 0 Å². The Bertz CT molecular complexity index is 216. The molecule has 120 valence electrons. The standard InChI is InChI=1S/C19H39N/c1-5-7-9-11-18(12-10-8-6-2)20-19-14-13-16(3)15-17(19)4/h16-20H,5-15H2,1-4H3. The Morgan fingerprint density at radius 1 is 0.900 bits per heavy atom. The van der Waals surface area contributed by atoms with Crippen LogP contribution < -0.4 is 5.32 Å². The molecule has 0 aromatic carbocycles. The van der Waals surface area contributed by atoms with Crippen LogP contribution in [-0.2, 0) is 0 Å². The predicted molar refractivity (Wildman–Crippen MR) is 91.2 cm³/mol. The summed E-state index contributed by atoms with van der Waals surface area (Å²) in [6.45, 7) is 9.50. The van der Waals surface area contributed by atoms with E-state index in [-0.39, 0.29) is 0 Å². The quantitative estimate of drug-likeness (QED) is 0.489. The molecule has 0 bridgehead atoms. The van der Waals surface area contributed by atoms with Gasteiger partial charge in [-0.1, -0.05) is 66.2 Å². The molecule has 1 fully saturated rings. The Balaban J connectivity index is 2.36. The highest BCUT2D eigenvalue weighted by atomic mass is 15.0. The summed E-state index contributed by atoms with van der Waals surface area (Å²) in [6.07, 6.45) is 15.4. The molecule has 3 atom stereocenters. The molecule has 1 aliphatic rings. The molecule has 1 nitrogen and oxygen atoms in total. The summed E-state index contributed by atoms with van der Waals surface area (Å²) in [5.74, 6) is 1.82. The molecule has 1 N–H and O–H groups in total. The van der Waals surface area contributed by atoms with Gasteiger partial charge in [-0.25, -0.2) is 0 Å². The van der Waals surface area contributed by atoms with E-state index in [9.17, 15) is 0 Å². The van der Waals surface area contributed by atoms with E-state index in [1.54, 1.807) is 0 Å². The van der Waals surface area contributed by atoms with Crippen molar-refractivity contribution in [2.24, 2.45) is 11.8 Å².